The SMILES string of the molecule is O=C(NCCN1CCC[C@H](c2ccccc2)C1)N1CCS(=O)(=O)CC1. The number of sulfone groups is 1. The van der Waals surface area contributed by atoms with Gasteiger partial charge in [-0.1, -0.05) is 30.3 Å². The first-order chi connectivity index (χ1) is 12.0. The van der Waals surface area contributed by atoms with Gasteiger partial charge in [0.15, 0.2) is 9.84 Å². The van der Waals surface area contributed by atoms with Crippen LogP contribution in [0.3, 0.4) is 0 Å². The molecule has 2 aliphatic rings. The Balaban J connectivity index is 1.40. The van der Waals surface area contributed by atoms with Gasteiger partial charge in [0.1, 0.15) is 0 Å². The van der Waals surface area contributed by atoms with Gasteiger partial charge in [0.25, 0.3) is 0 Å². The topological polar surface area (TPSA) is 69.7 Å². The van der Waals surface area contributed by atoms with E-state index in [1.54, 1.807) is 4.90 Å². The van der Waals surface area contributed by atoms with Crippen molar-refractivity contribution in [2.75, 3.05) is 50.8 Å². The molecule has 2 aliphatic heterocycles. The molecule has 138 valence electrons. The van der Waals surface area contributed by atoms with Gasteiger partial charge in [-0.15, -0.1) is 0 Å². The van der Waals surface area contributed by atoms with Gasteiger partial charge in [0.2, 0.25) is 0 Å². The molecule has 3 rings (SSSR count). The number of piperidine rings is 1. The second-order valence-corrected chi connectivity index (χ2v) is 9.22. The third kappa shape index (κ3) is 5.19. The summed E-state index contributed by atoms with van der Waals surface area (Å²) >= 11 is 0. The van der Waals surface area contributed by atoms with Gasteiger partial charge in [-0.25, -0.2) is 13.2 Å². The number of carbonyl (C=O) groups is 1. The summed E-state index contributed by atoms with van der Waals surface area (Å²) in [5.74, 6) is 0.717. The minimum absolute atomic E-state index is 0.0747. The van der Waals surface area contributed by atoms with Crippen LogP contribution in [0.15, 0.2) is 30.3 Å². The highest BCUT2D eigenvalue weighted by molar-refractivity contribution is 7.91. The number of nitrogens with one attached hydrogen (secondary N) is 1. The van der Waals surface area contributed by atoms with Crippen molar-refractivity contribution >= 4 is 15.9 Å². The van der Waals surface area contributed by atoms with Crippen LogP contribution in [0.1, 0.15) is 24.3 Å². The highest BCUT2D eigenvalue weighted by Gasteiger charge is 2.25. The molecule has 2 heterocycles. The van der Waals surface area contributed by atoms with Crippen LogP contribution in [0.5, 0.6) is 0 Å². The average Bonchev–Trinajstić information content (AvgIpc) is 2.62. The molecule has 2 saturated heterocycles. The maximum atomic E-state index is 12.1. The highest BCUT2D eigenvalue weighted by Crippen LogP contribution is 2.26. The summed E-state index contributed by atoms with van der Waals surface area (Å²) in [4.78, 5) is 16.1. The summed E-state index contributed by atoms with van der Waals surface area (Å²) in [6.07, 6.45) is 2.40. The van der Waals surface area contributed by atoms with Crippen LogP contribution in [0.2, 0.25) is 0 Å². The van der Waals surface area contributed by atoms with E-state index in [0.29, 0.717) is 25.6 Å². The largest absolute Gasteiger partial charge is 0.337 e. The molecule has 0 aromatic heterocycles. The zero-order valence-corrected chi connectivity index (χ0v) is 15.4. The minimum Gasteiger partial charge on any atom is -0.337 e. The lowest BCUT2D eigenvalue weighted by atomic mass is 9.91. The van der Waals surface area contributed by atoms with Crippen molar-refractivity contribution in [3.8, 4) is 0 Å². The van der Waals surface area contributed by atoms with Gasteiger partial charge in [-0.05, 0) is 30.9 Å². The lowest BCUT2D eigenvalue weighted by Gasteiger charge is -2.33. The Morgan fingerprint density at radius 1 is 1.12 bits per heavy atom. The van der Waals surface area contributed by atoms with Crippen LogP contribution < -0.4 is 5.32 Å². The molecule has 1 aromatic carbocycles. The molecular formula is C18H27N3O3S. The lowest BCUT2D eigenvalue weighted by molar-refractivity contribution is 0.190. The molecule has 0 spiro atoms. The number of rotatable bonds is 4. The maximum absolute atomic E-state index is 12.1. The van der Waals surface area contributed by atoms with Crippen molar-refractivity contribution in [2.24, 2.45) is 0 Å². The van der Waals surface area contributed by atoms with Crippen LogP contribution in [-0.2, 0) is 9.84 Å². The molecule has 0 unspecified atom stereocenters. The standard InChI is InChI=1S/C18H27N3O3S/c22-18(21-11-13-25(23,24)14-12-21)19-8-10-20-9-4-7-17(15-20)16-5-2-1-3-6-16/h1-3,5-6,17H,4,7-15H2,(H,19,22)/t17-/m0/s1. The fourth-order valence-electron chi connectivity index (χ4n) is 3.60. The Bertz CT molecular complexity index is 664. The Kier molecular flexibility index (Phi) is 5.96. The number of carbonyl (C=O) groups excluding carboxylic acids is 1. The first kappa shape index (κ1) is 18.2. The normalized spacial score (nSPS) is 24.0. The van der Waals surface area contributed by atoms with Crippen molar-refractivity contribution in [3.05, 3.63) is 35.9 Å². The molecule has 1 atom stereocenters. The number of hydrogen-bond donors (Lipinski definition) is 1. The monoisotopic (exact) mass is 365 g/mol. The van der Waals surface area contributed by atoms with Gasteiger partial charge in [0, 0.05) is 32.7 Å². The minimum atomic E-state index is -2.95. The lowest BCUT2D eigenvalue weighted by Crippen LogP contribution is -2.49. The number of nitrogens with zero attached hydrogens (tertiary/aromatic N) is 2. The smallest absolute Gasteiger partial charge is 0.317 e. The van der Waals surface area contributed by atoms with Crippen molar-refractivity contribution < 1.29 is 13.2 Å². The van der Waals surface area contributed by atoms with E-state index >= 15 is 0 Å². The quantitative estimate of drug-likeness (QED) is 0.873. The van der Waals surface area contributed by atoms with Crippen LogP contribution in [0.4, 0.5) is 4.79 Å². The molecule has 0 saturated carbocycles. The Hall–Kier alpha value is -1.60. The van der Waals surface area contributed by atoms with Crippen molar-refractivity contribution in [3.63, 3.8) is 0 Å². The summed E-state index contributed by atoms with van der Waals surface area (Å²) < 4.78 is 22.8. The Morgan fingerprint density at radius 3 is 2.56 bits per heavy atom. The predicted octanol–water partition coefficient (Wildman–Crippen LogP) is 1.31. The van der Waals surface area contributed by atoms with Crippen LogP contribution in [0, 0.1) is 0 Å². The fourth-order valence-corrected chi connectivity index (χ4v) is 4.81. The van der Waals surface area contributed by atoms with E-state index in [4.69, 9.17) is 0 Å². The number of likely N-dealkylation sites (tertiary alicyclic amines) is 1. The predicted molar refractivity (Wildman–Crippen MR) is 98.5 cm³/mol. The number of amides is 2. The van der Waals surface area contributed by atoms with E-state index in [9.17, 15) is 13.2 Å². The van der Waals surface area contributed by atoms with Gasteiger partial charge in [-0.3, -0.25) is 0 Å². The highest BCUT2D eigenvalue weighted by atomic mass is 32.2. The summed E-state index contributed by atoms with van der Waals surface area (Å²) in [7, 11) is -2.95. The molecule has 2 fully saturated rings. The van der Waals surface area contributed by atoms with E-state index in [2.05, 4.69) is 34.5 Å². The zero-order chi connectivity index (χ0) is 17.7. The second kappa shape index (κ2) is 8.19. The van der Waals surface area contributed by atoms with Crippen molar-refractivity contribution in [1.29, 1.82) is 0 Å². The third-order valence-corrected chi connectivity index (χ3v) is 6.72. The van der Waals surface area contributed by atoms with E-state index in [0.717, 1.165) is 19.6 Å². The van der Waals surface area contributed by atoms with E-state index < -0.39 is 9.84 Å². The summed E-state index contributed by atoms with van der Waals surface area (Å²) in [6.45, 7) is 4.13. The summed E-state index contributed by atoms with van der Waals surface area (Å²) in [5.41, 5.74) is 1.39. The molecule has 2 amide bonds. The summed E-state index contributed by atoms with van der Waals surface area (Å²) in [6, 6.07) is 10.5. The summed E-state index contributed by atoms with van der Waals surface area (Å²) in [5, 5.41) is 2.93. The molecule has 0 aliphatic carbocycles. The molecule has 1 N–H and O–H groups in total. The number of benzene rings is 1. The van der Waals surface area contributed by atoms with Crippen molar-refractivity contribution in [1.82, 2.24) is 15.1 Å². The maximum Gasteiger partial charge on any atom is 0.317 e. The van der Waals surface area contributed by atoms with Crippen molar-refractivity contribution in [2.45, 2.75) is 18.8 Å². The van der Waals surface area contributed by atoms with Gasteiger partial charge in [0.05, 0.1) is 11.5 Å². The molecule has 1 aromatic rings. The Morgan fingerprint density at radius 2 is 1.84 bits per heavy atom. The third-order valence-electron chi connectivity index (χ3n) is 5.11. The molecular weight excluding hydrogens is 338 g/mol. The van der Waals surface area contributed by atoms with Gasteiger partial charge >= 0.3 is 6.03 Å². The Labute approximate surface area is 150 Å². The number of urea groups is 1. The molecule has 0 radical (unpaired) electrons. The van der Waals surface area contributed by atoms with Crippen LogP contribution >= 0.6 is 0 Å². The van der Waals surface area contributed by atoms with Crippen LogP contribution in [-0.4, -0.2) is 75.0 Å². The fraction of sp³-hybridized carbons (Fsp3) is 0.611. The van der Waals surface area contributed by atoms with Gasteiger partial charge < -0.3 is 15.1 Å². The zero-order valence-electron chi connectivity index (χ0n) is 14.6. The first-order valence-corrected chi connectivity index (χ1v) is 10.9. The van der Waals surface area contributed by atoms with E-state index in [1.807, 2.05) is 6.07 Å². The number of hydrogen-bond acceptors (Lipinski definition) is 4. The first-order valence-electron chi connectivity index (χ1n) is 9.04. The molecule has 0 bridgehead atoms. The average molecular weight is 365 g/mol. The van der Waals surface area contributed by atoms with E-state index in [-0.39, 0.29) is 17.5 Å². The molecule has 7 heteroatoms. The molecule has 6 nitrogen and oxygen atoms in total. The van der Waals surface area contributed by atoms with Gasteiger partial charge in [-0.2, -0.15) is 0 Å². The second-order valence-electron chi connectivity index (χ2n) is 6.92. The van der Waals surface area contributed by atoms with E-state index in [1.165, 1.54) is 18.4 Å². The van der Waals surface area contributed by atoms with Crippen LogP contribution in [0.25, 0.3) is 0 Å². The molecule has 25 heavy (non-hydrogen) atoms.